The average Bonchev–Trinajstić information content (AvgIpc) is 3.46. The minimum Gasteiger partial charge on any atom is -0.507 e. The molecule has 1 N–H and O–H groups in total. The lowest BCUT2D eigenvalue weighted by molar-refractivity contribution is -0.141. The van der Waals surface area contributed by atoms with Gasteiger partial charge in [-0.1, -0.05) is 25.0 Å². The molecule has 31 heavy (non-hydrogen) atoms. The number of carbonyl (C=O) groups excluding carboxylic acids is 2. The van der Waals surface area contributed by atoms with Gasteiger partial charge in [-0.25, -0.2) is 4.39 Å². The third-order valence-corrected chi connectivity index (χ3v) is 6.55. The lowest BCUT2D eigenvalue weighted by Crippen LogP contribution is -2.37. The second kappa shape index (κ2) is 7.52. The van der Waals surface area contributed by atoms with Gasteiger partial charge in [-0.3, -0.25) is 9.59 Å². The summed E-state index contributed by atoms with van der Waals surface area (Å²) in [6.45, 7) is 1.97. The average molecular weight is 421 g/mol. The molecule has 5 nitrogen and oxygen atoms in total. The smallest absolute Gasteiger partial charge is 0.295 e. The van der Waals surface area contributed by atoms with Crippen molar-refractivity contribution in [2.45, 2.75) is 57.2 Å². The molecule has 1 saturated carbocycles. The lowest BCUT2D eigenvalue weighted by Gasteiger charge is -2.30. The van der Waals surface area contributed by atoms with Crippen molar-refractivity contribution < 1.29 is 23.8 Å². The monoisotopic (exact) mass is 421 g/mol. The standard InChI is InChI=1S/C25H24FNO4/c1-14-12-17-13-16(8-11-20(17)31-14)23(28)21-22(15-6-9-18(26)10-7-15)27(25(30)24(21)29)19-4-2-3-5-19/h6-11,13-14,19,22,28H,2-5,12H2,1H3/b23-21-. The van der Waals surface area contributed by atoms with Crippen LogP contribution in [-0.2, 0) is 16.0 Å². The number of hydrogen-bond acceptors (Lipinski definition) is 4. The van der Waals surface area contributed by atoms with E-state index in [1.54, 1.807) is 29.2 Å². The summed E-state index contributed by atoms with van der Waals surface area (Å²) in [5.74, 6) is -1.11. The molecule has 2 fully saturated rings. The summed E-state index contributed by atoms with van der Waals surface area (Å²) in [5, 5.41) is 11.2. The number of benzene rings is 2. The maximum absolute atomic E-state index is 13.6. The van der Waals surface area contributed by atoms with Gasteiger partial charge in [0.1, 0.15) is 23.4 Å². The van der Waals surface area contributed by atoms with E-state index >= 15 is 0 Å². The van der Waals surface area contributed by atoms with Crippen LogP contribution in [0.3, 0.4) is 0 Å². The van der Waals surface area contributed by atoms with Crippen LogP contribution >= 0.6 is 0 Å². The Kier molecular flexibility index (Phi) is 4.80. The Bertz CT molecular complexity index is 1090. The Morgan fingerprint density at radius 2 is 1.81 bits per heavy atom. The third kappa shape index (κ3) is 3.30. The van der Waals surface area contributed by atoms with Gasteiger partial charge in [-0.15, -0.1) is 0 Å². The van der Waals surface area contributed by atoms with Gasteiger partial charge in [0.2, 0.25) is 0 Å². The summed E-state index contributed by atoms with van der Waals surface area (Å²) in [4.78, 5) is 27.8. The summed E-state index contributed by atoms with van der Waals surface area (Å²) in [6, 6.07) is 10.3. The van der Waals surface area contributed by atoms with E-state index in [2.05, 4.69) is 0 Å². The molecule has 0 bridgehead atoms. The first-order chi connectivity index (χ1) is 14.9. The Morgan fingerprint density at radius 3 is 2.52 bits per heavy atom. The fraction of sp³-hybridized carbons (Fsp3) is 0.360. The number of hydrogen-bond donors (Lipinski definition) is 1. The summed E-state index contributed by atoms with van der Waals surface area (Å²) in [5.41, 5.74) is 2.12. The molecule has 1 aliphatic carbocycles. The van der Waals surface area contributed by atoms with Crippen molar-refractivity contribution in [2.75, 3.05) is 0 Å². The third-order valence-electron chi connectivity index (χ3n) is 6.55. The highest BCUT2D eigenvalue weighted by Crippen LogP contribution is 2.44. The van der Waals surface area contributed by atoms with Crippen LogP contribution in [0.5, 0.6) is 5.75 Å². The van der Waals surface area contributed by atoms with Crippen LogP contribution in [-0.4, -0.2) is 33.8 Å². The van der Waals surface area contributed by atoms with E-state index in [1.807, 2.05) is 13.0 Å². The fourth-order valence-electron chi connectivity index (χ4n) is 5.11. The minimum atomic E-state index is -0.730. The van der Waals surface area contributed by atoms with Crippen molar-refractivity contribution in [2.24, 2.45) is 0 Å². The van der Waals surface area contributed by atoms with Gasteiger partial charge in [-0.2, -0.15) is 0 Å². The zero-order valence-corrected chi connectivity index (χ0v) is 17.3. The predicted molar refractivity (Wildman–Crippen MR) is 113 cm³/mol. The molecule has 0 aromatic heterocycles. The highest BCUT2D eigenvalue weighted by molar-refractivity contribution is 6.46. The number of ketones is 1. The first-order valence-electron chi connectivity index (χ1n) is 10.8. The minimum absolute atomic E-state index is 0.0551. The van der Waals surface area contributed by atoms with Crippen LogP contribution in [0.2, 0.25) is 0 Å². The van der Waals surface area contributed by atoms with Gasteiger partial charge in [0.25, 0.3) is 11.7 Å². The van der Waals surface area contributed by atoms with Gasteiger partial charge < -0.3 is 14.7 Å². The molecule has 3 aliphatic rings. The molecule has 0 spiro atoms. The number of aliphatic hydroxyl groups excluding tert-OH is 1. The van der Waals surface area contributed by atoms with Gasteiger partial charge in [0.05, 0.1) is 11.6 Å². The summed E-state index contributed by atoms with van der Waals surface area (Å²) in [7, 11) is 0. The van der Waals surface area contributed by atoms with Gasteiger partial charge in [0.15, 0.2) is 0 Å². The summed E-state index contributed by atoms with van der Waals surface area (Å²) in [6.07, 6.45) is 4.39. The Labute approximate surface area is 180 Å². The number of fused-ring (bicyclic) bond motifs is 1. The number of carbonyl (C=O) groups is 2. The summed E-state index contributed by atoms with van der Waals surface area (Å²) >= 11 is 0. The molecule has 2 heterocycles. The maximum Gasteiger partial charge on any atom is 0.295 e. The molecule has 2 aromatic rings. The zero-order valence-electron chi connectivity index (χ0n) is 17.3. The molecule has 1 amide bonds. The van der Waals surface area contributed by atoms with Crippen LogP contribution in [0.25, 0.3) is 5.76 Å². The van der Waals surface area contributed by atoms with Crippen molar-refractivity contribution in [3.05, 3.63) is 70.5 Å². The Balaban J connectivity index is 1.64. The van der Waals surface area contributed by atoms with E-state index < -0.39 is 23.5 Å². The van der Waals surface area contributed by atoms with E-state index in [-0.39, 0.29) is 23.5 Å². The molecule has 2 aromatic carbocycles. The highest BCUT2D eigenvalue weighted by atomic mass is 19.1. The number of aliphatic hydroxyl groups is 1. The number of rotatable bonds is 3. The Hall–Kier alpha value is -3.15. The van der Waals surface area contributed by atoms with E-state index in [0.29, 0.717) is 17.5 Å². The fourth-order valence-corrected chi connectivity index (χ4v) is 5.11. The molecule has 6 heteroatoms. The molecule has 1 saturated heterocycles. The van der Waals surface area contributed by atoms with Crippen molar-refractivity contribution in [3.8, 4) is 5.75 Å². The normalized spacial score (nSPS) is 25.2. The molecular weight excluding hydrogens is 397 g/mol. The number of Topliss-reactive ketones (excluding diaryl/α,β-unsaturated/α-hetero) is 1. The lowest BCUT2D eigenvalue weighted by atomic mass is 9.94. The molecule has 2 unspecified atom stereocenters. The van der Waals surface area contributed by atoms with E-state index in [9.17, 15) is 19.1 Å². The van der Waals surface area contributed by atoms with Crippen molar-refractivity contribution >= 4 is 17.4 Å². The number of amides is 1. The predicted octanol–water partition coefficient (Wildman–Crippen LogP) is 4.51. The van der Waals surface area contributed by atoms with Crippen LogP contribution in [0.4, 0.5) is 4.39 Å². The number of likely N-dealkylation sites (tertiary alicyclic amines) is 1. The Morgan fingerprint density at radius 1 is 1.10 bits per heavy atom. The maximum atomic E-state index is 13.6. The number of nitrogens with zero attached hydrogens (tertiary/aromatic N) is 1. The van der Waals surface area contributed by atoms with E-state index in [0.717, 1.165) is 37.0 Å². The van der Waals surface area contributed by atoms with Crippen molar-refractivity contribution in [1.82, 2.24) is 4.90 Å². The molecule has 5 rings (SSSR count). The van der Waals surface area contributed by atoms with Crippen LogP contribution < -0.4 is 4.74 Å². The molecule has 160 valence electrons. The quantitative estimate of drug-likeness (QED) is 0.450. The zero-order chi connectivity index (χ0) is 21.7. The molecule has 2 atom stereocenters. The summed E-state index contributed by atoms with van der Waals surface area (Å²) < 4.78 is 19.3. The van der Waals surface area contributed by atoms with Crippen LogP contribution in [0.1, 0.15) is 55.3 Å². The molecular formula is C25H24FNO4. The van der Waals surface area contributed by atoms with Gasteiger partial charge in [-0.05, 0) is 61.2 Å². The van der Waals surface area contributed by atoms with E-state index in [1.165, 1.54) is 12.1 Å². The van der Waals surface area contributed by atoms with Crippen molar-refractivity contribution in [3.63, 3.8) is 0 Å². The first-order valence-corrected chi connectivity index (χ1v) is 10.8. The van der Waals surface area contributed by atoms with Crippen molar-refractivity contribution in [1.29, 1.82) is 0 Å². The molecule has 0 radical (unpaired) electrons. The van der Waals surface area contributed by atoms with E-state index in [4.69, 9.17) is 4.74 Å². The highest BCUT2D eigenvalue weighted by Gasteiger charge is 2.49. The van der Waals surface area contributed by atoms with Crippen LogP contribution in [0.15, 0.2) is 48.0 Å². The largest absolute Gasteiger partial charge is 0.507 e. The second-order valence-corrected chi connectivity index (χ2v) is 8.65. The van der Waals surface area contributed by atoms with Crippen LogP contribution in [0, 0.1) is 5.82 Å². The SMILES string of the molecule is CC1Cc2cc(/C(O)=C3/C(=O)C(=O)N(C4CCCC4)C3c3ccc(F)cc3)ccc2O1. The number of halogens is 1. The van der Waals surface area contributed by atoms with Gasteiger partial charge >= 0.3 is 0 Å². The second-order valence-electron chi connectivity index (χ2n) is 8.65. The topological polar surface area (TPSA) is 66.8 Å². The van der Waals surface area contributed by atoms with Gasteiger partial charge in [0, 0.05) is 18.0 Å². The first kappa shape index (κ1) is 19.8. The molecule has 2 aliphatic heterocycles. The number of ether oxygens (including phenoxy) is 1.